The second kappa shape index (κ2) is 8.97. The van der Waals surface area contributed by atoms with E-state index < -0.39 is 4.92 Å². The lowest BCUT2D eigenvalue weighted by Crippen LogP contribution is -2.45. The number of hydrogen-bond acceptors (Lipinski definition) is 4. The highest BCUT2D eigenvalue weighted by Crippen LogP contribution is 2.24. The van der Waals surface area contributed by atoms with E-state index in [4.69, 9.17) is 0 Å². The quantitative estimate of drug-likeness (QED) is 0.529. The van der Waals surface area contributed by atoms with Gasteiger partial charge in [-0.25, -0.2) is 0 Å². The Morgan fingerprint density at radius 1 is 0.778 bits per heavy atom. The van der Waals surface area contributed by atoms with Crippen molar-refractivity contribution in [1.82, 2.24) is 9.80 Å². The van der Waals surface area contributed by atoms with Crippen molar-refractivity contribution in [2.24, 2.45) is 0 Å². The first-order chi connectivity index (χ1) is 12.4. The van der Waals surface area contributed by atoms with Crippen LogP contribution < -0.4 is 0 Å². The Kier molecular flexibility index (Phi) is 7.51. The molecule has 0 aliphatic rings. The predicted octanol–water partition coefficient (Wildman–Crippen LogP) is 4.11. The van der Waals surface area contributed by atoms with Crippen molar-refractivity contribution >= 4 is 17.5 Å². The van der Waals surface area contributed by atoms with Crippen LogP contribution in [-0.4, -0.2) is 50.7 Å². The van der Waals surface area contributed by atoms with Gasteiger partial charge in [-0.1, -0.05) is 0 Å². The number of nitro benzene ring substituents is 1. The monoisotopic (exact) mass is 377 g/mol. The maximum absolute atomic E-state index is 13.2. The van der Waals surface area contributed by atoms with Gasteiger partial charge in [-0.3, -0.25) is 19.7 Å². The lowest BCUT2D eigenvalue weighted by Gasteiger charge is -2.33. The standard InChI is InChI=1S/C20H31N3O4/c1-12(2)21(13(3)4)19(24)17-10-9-16(23(26)27)11-18(17)20(25)22(14(5)6)15(7)8/h9-15H,1-8H3. The maximum Gasteiger partial charge on any atom is 0.270 e. The smallest absolute Gasteiger partial charge is 0.270 e. The van der Waals surface area contributed by atoms with Gasteiger partial charge >= 0.3 is 0 Å². The second-order valence-corrected chi connectivity index (χ2v) is 7.79. The molecule has 0 aromatic heterocycles. The van der Waals surface area contributed by atoms with Gasteiger partial charge in [0.1, 0.15) is 0 Å². The van der Waals surface area contributed by atoms with E-state index in [0.29, 0.717) is 0 Å². The summed E-state index contributed by atoms with van der Waals surface area (Å²) in [5.74, 6) is -0.676. The van der Waals surface area contributed by atoms with E-state index in [-0.39, 0.29) is 52.8 Å². The number of carbonyl (C=O) groups excluding carboxylic acids is 2. The number of nitrogens with zero attached hydrogens (tertiary/aromatic N) is 3. The average molecular weight is 377 g/mol. The molecule has 0 bridgehead atoms. The number of hydrogen-bond donors (Lipinski definition) is 0. The molecule has 1 rings (SSSR count). The lowest BCUT2D eigenvalue weighted by molar-refractivity contribution is -0.384. The van der Waals surface area contributed by atoms with Crippen molar-refractivity contribution in [2.45, 2.75) is 79.6 Å². The van der Waals surface area contributed by atoms with Crippen molar-refractivity contribution in [1.29, 1.82) is 0 Å². The Balaban J connectivity index is 3.60. The van der Waals surface area contributed by atoms with Gasteiger partial charge in [0.15, 0.2) is 0 Å². The summed E-state index contributed by atoms with van der Waals surface area (Å²) in [6, 6.07) is 3.54. The van der Waals surface area contributed by atoms with Gasteiger partial charge in [-0.05, 0) is 61.5 Å². The van der Waals surface area contributed by atoms with Crippen molar-refractivity contribution in [3.63, 3.8) is 0 Å². The van der Waals surface area contributed by atoms with Gasteiger partial charge in [0.2, 0.25) is 0 Å². The number of non-ortho nitro benzene ring substituents is 1. The van der Waals surface area contributed by atoms with Crippen LogP contribution in [0.1, 0.15) is 76.1 Å². The van der Waals surface area contributed by atoms with Crippen LogP contribution in [0, 0.1) is 10.1 Å². The molecule has 1 aromatic carbocycles. The molecule has 0 spiro atoms. The molecule has 0 atom stereocenters. The summed E-state index contributed by atoms with van der Waals surface area (Å²) in [6.07, 6.45) is 0. The van der Waals surface area contributed by atoms with Gasteiger partial charge in [0.25, 0.3) is 17.5 Å². The SMILES string of the molecule is CC(C)N(C(=O)c1ccc([N+](=O)[O-])cc1C(=O)N(C(C)C)C(C)C)C(C)C. The largest absolute Gasteiger partial charge is 0.334 e. The normalized spacial score (nSPS) is 11.4. The van der Waals surface area contributed by atoms with Crippen molar-refractivity contribution < 1.29 is 14.5 Å². The summed E-state index contributed by atoms with van der Waals surface area (Å²) in [4.78, 5) is 40.4. The van der Waals surface area contributed by atoms with E-state index in [1.165, 1.54) is 18.2 Å². The average Bonchev–Trinajstić information content (AvgIpc) is 2.52. The zero-order valence-corrected chi connectivity index (χ0v) is 17.5. The fourth-order valence-corrected chi connectivity index (χ4v) is 3.42. The van der Waals surface area contributed by atoms with E-state index >= 15 is 0 Å². The number of amides is 2. The van der Waals surface area contributed by atoms with Crippen LogP contribution in [0.25, 0.3) is 0 Å². The van der Waals surface area contributed by atoms with E-state index in [9.17, 15) is 19.7 Å². The van der Waals surface area contributed by atoms with Crippen LogP contribution >= 0.6 is 0 Å². The molecular formula is C20H31N3O4. The van der Waals surface area contributed by atoms with Crippen LogP contribution in [0.3, 0.4) is 0 Å². The van der Waals surface area contributed by atoms with E-state index in [0.717, 1.165) is 0 Å². The first-order valence-electron chi connectivity index (χ1n) is 9.33. The second-order valence-electron chi connectivity index (χ2n) is 7.79. The molecule has 1 aromatic rings. The Morgan fingerprint density at radius 2 is 1.15 bits per heavy atom. The molecule has 0 radical (unpaired) electrons. The summed E-state index contributed by atoms with van der Waals surface area (Å²) in [5.41, 5.74) is 0.0604. The molecule has 0 unspecified atom stereocenters. The Labute approximate surface area is 161 Å². The topological polar surface area (TPSA) is 83.8 Å². The first kappa shape index (κ1) is 22.6. The number of benzene rings is 1. The zero-order chi connectivity index (χ0) is 21.0. The molecule has 150 valence electrons. The number of carbonyl (C=O) groups is 2. The molecule has 0 saturated carbocycles. The molecule has 0 aliphatic heterocycles. The molecule has 0 N–H and O–H groups in total. The van der Waals surface area contributed by atoms with E-state index in [1.807, 2.05) is 55.4 Å². The Morgan fingerprint density at radius 3 is 1.48 bits per heavy atom. The minimum absolute atomic E-state index is 0.0676. The summed E-state index contributed by atoms with van der Waals surface area (Å²) >= 11 is 0. The van der Waals surface area contributed by atoms with Crippen LogP contribution in [0.4, 0.5) is 5.69 Å². The minimum Gasteiger partial charge on any atom is -0.334 e. The van der Waals surface area contributed by atoms with Gasteiger partial charge in [-0.15, -0.1) is 0 Å². The minimum atomic E-state index is -0.553. The van der Waals surface area contributed by atoms with Crippen LogP contribution in [-0.2, 0) is 0 Å². The van der Waals surface area contributed by atoms with Crippen LogP contribution in [0.5, 0.6) is 0 Å². The van der Waals surface area contributed by atoms with Crippen LogP contribution in [0.2, 0.25) is 0 Å². The Bertz CT molecular complexity index is 695. The van der Waals surface area contributed by atoms with Crippen molar-refractivity contribution in [2.75, 3.05) is 0 Å². The third kappa shape index (κ3) is 5.05. The highest BCUT2D eigenvalue weighted by atomic mass is 16.6. The highest BCUT2D eigenvalue weighted by Gasteiger charge is 2.31. The first-order valence-corrected chi connectivity index (χ1v) is 9.33. The number of rotatable bonds is 7. The highest BCUT2D eigenvalue weighted by molar-refractivity contribution is 6.08. The van der Waals surface area contributed by atoms with Gasteiger partial charge in [-0.2, -0.15) is 0 Å². The Hall–Kier alpha value is -2.44. The molecule has 0 heterocycles. The van der Waals surface area contributed by atoms with E-state index in [2.05, 4.69) is 0 Å². The molecule has 2 amide bonds. The zero-order valence-electron chi connectivity index (χ0n) is 17.5. The predicted molar refractivity (Wildman–Crippen MR) is 106 cm³/mol. The molecule has 27 heavy (non-hydrogen) atoms. The lowest BCUT2D eigenvalue weighted by atomic mass is 10.0. The molecular weight excluding hydrogens is 346 g/mol. The van der Waals surface area contributed by atoms with Crippen LogP contribution in [0.15, 0.2) is 18.2 Å². The maximum atomic E-state index is 13.2. The van der Waals surface area contributed by atoms with Gasteiger partial charge < -0.3 is 9.80 Å². The molecule has 0 fully saturated rings. The summed E-state index contributed by atoms with van der Waals surface area (Å²) in [6.45, 7) is 15.1. The fourth-order valence-electron chi connectivity index (χ4n) is 3.42. The summed E-state index contributed by atoms with van der Waals surface area (Å²) in [5, 5.41) is 11.2. The number of nitro groups is 1. The summed E-state index contributed by atoms with van der Waals surface area (Å²) in [7, 11) is 0. The van der Waals surface area contributed by atoms with Gasteiger partial charge in [0, 0.05) is 36.3 Å². The van der Waals surface area contributed by atoms with Gasteiger partial charge in [0.05, 0.1) is 16.1 Å². The third-order valence-electron chi connectivity index (χ3n) is 4.37. The molecule has 7 nitrogen and oxygen atoms in total. The fraction of sp³-hybridized carbons (Fsp3) is 0.600. The molecule has 7 heteroatoms. The van der Waals surface area contributed by atoms with Crippen molar-refractivity contribution in [3.05, 3.63) is 39.4 Å². The van der Waals surface area contributed by atoms with E-state index in [1.54, 1.807) is 9.80 Å². The third-order valence-corrected chi connectivity index (χ3v) is 4.37. The van der Waals surface area contributed by atoms with Crippen molar-refractivity contribution in [3.8, 4) is 0 Å². The summed E-state index contributed by atoms with van der Waals surface area (Å²) < 4.78 is 0. The molecule has 0 saturated heterocycles. The molecule has 0 aliphatic carbocycles.